The Hall–Kier alpha value is -1.76. The maximum absolute atomic E-state index is 3.48. The van der Waals surface area contributed by atoms with Gasteiger partial charge in [-0.05, 0) is 79.5 Å². The van der Waals surface area contributed by atoms with Crippen LogP contribution in [-0.2, 0) is 12.8 Å². The summed E-state index contributed by atoms with van der Waals surface area (Å²) in [5.74, 6) is 0. The molecule has 0 fully saturated rings. The Balaban J connectivity index is 1.89. The van der Waals surface area contributed by atoms with E-state index in [1.165, 1.54) is 51.9 Å². The van der Waals surface area contributed by atoms with Gasteiger partial charge in [-0.1, -0.05) is 24.3 Å². The Morgan fingerprint density at radius 2 is 1.75 bits per heavy atom. The third kappa shape index (κ3) is 2.58. The van der Waals surface area contributed by atoms with Gasteiger partial charge in [0.15, 0.2) is 0 Å². The number of hydrogen-bond donors (Lipinski definition) is 1. The van der Waals surface area contributed by atoms with Crippen molar-refractivity contribution in [2.75, 3.05) is 11.9 Å². The van der Waals surface area contributed by atoms with Gasteiger partial charge < -0.3 is 5.32 Å². The summed E-state index contributed by atoms with van der Waals surface area (Å²) in [7, 11) is 0. The van der Waals surface area contributed by atoms with E-state index in [1.54, 1.807) is 0 Å². The molecule has 0 amide bonds. The van der Waals surface area contributed by atoms with Crippen LogP contribution >= 0.6 is 0 Å². The number of fused-ring (bicyclic) bond motifs is 1. The fourth-order valence-electron chi connectivity index (χ4n) is 3.07. The largest absolute Gasteiger partial charge is 0.385 e. The summed E-state index contributed by atoms with van der Waals surface area (Å²) >= 11 is 0. The van der Waals surface area contributed by atoms with Crippen LogP contribution < -0.4 is 5.32 Å². The normalized spacial score (nSPS) is 13.8. The molecule has 2 aromatic carbocycles. The van der Waals surface area contributed by atoms with Crippen LogP contribution in [0.5, 0.6) is 0 Å². The zero-order chi connectivity index (χ0) is 14.1. The van der Waals surface area contributed by atoms with Crippen molar-refractivity contribution in [3.8, 4) is 0 Å². The van der Waals surface area contributed by atoms with Crippen LogP contribution in [0.15, 0.2) is 30.3 Å². The van der Waals surface area contributed by atoms with E-state index in [9.17, 15) is 0 Å². The van der Waals surface area contributed by atoms with E-state index in [4.69, 9.17) is 0 Å². The third-order valence-corrected chi connectivity index (χ3v) is 4.45. The Morgan fingerprint density at radius 1 is 0.950 bits per heavy atom. The topological polar surface area (TPSA) is 12.0 Å². The SMILES string of the molecule is Cc1cc(C)c(Cc2ccc3c(c2)CCCN3)cc1C. The van der Waals surface area contributed by atoms with Crippen LogP contribution in [0.1, 0.15) is 39.8 Å². The van der Waals surface area contributed by atoms with Gasteiger partial charge in [-0.15, -0.1) is 0 Å². The summed E-state index contributed by atoms with van der Waals surface area (Å²) in [6.45, 7) is 7.73. The molecule has 0 unspecified atom stereocenters. The molecule has 1 heterocycles. The highest BCUT2D eigenvalue weighted by atomic mass is 14.9. The van der Waals surface area contributed by atoms with Crippen molar-refractivity contribution in [3.05, 3.63) is 63.7 Å². The number of hydrogen-bond acceptors (Lipinski definition) is 1. The number of benzene rings is 2. The van der Waals surface area contributed by atoms with Crippen molar-refractivity contribution in [1.29, 1.82) is 0 Å². The molecule has 0 spiro atoms. The standard InChI is InChI=1S/C19H23N/c1-13-9-15(3)18(10-14(13)2)12-16-6-7-19-17(11-16)5-4-8-20-19/h6-7,9-11,20H,4-5,8,12H2,1-3H3. The lowest BCUT2D eigenvalue weighted by molar-refractivity contribution is 0.828. The van der Waals surface area contributed by atoms with E-state index in [-0.39, 0.29) is 0 Å². The van der Waals surface area contributed by atoms with Gasteiger partial charge in [0.05, 0.1) is 0 Å². The average molecular weight is 265 g/mol. The Bertz CT molecular complexity index is 640. The van der Waals surface area contributed by atoms with Crippen molar-refractivity contribution >= 4 is 5.69 Å². The van der Waals surface area contributed by atoms with Gasteiger partial charge >= 0.3 is 0 Å². The average Bonchev–Trinajstić information content (AvgIpc) is 2.44. The molecule has 0 radical (unpaired) electrons. The fraction of sp³-hybridized carbons (Fsp3) is 0.368. The molecule has 3 rings (SSSR count). The number of aryl methyl sites for hydroxylation is 4. The Morgan fingerprint density at radius 3 is 2.60 bits per heavy atom. The molecule has 0 aliphatic carbocycles. The van der Waals surface area contributed by atoms with Crippen molar-refractivity contribution < 1.29 is 0 Å². The minimum absolute atomic E-state index is 1.04. The molecule has 0 saturated carbocycles. The first-order valence-corrected chi connectivity index (χ1v) is 7.56. The molecule has 1 heteroatoms. The van der Waals surface area contributed by atoms with Gasteiger partial charge in [-0.3, -0.25) is 0 Å². The van der Waals surface area contributed by atoms with E-state index < -0.39 is 0 Å². The zero-order valence-electron chi connectivity index (χ0n) is 12.7. The van der Waals surface area contributed by atoms with Crippen LogP contribution in [0, 0.1) is 20.8 Å². The predicted octanol–water partition coefficient (Wildman–Crippen LogP) is 4.56. The lowest BCUT2D eigenvalue weighted by Gasteiger charge is -2.19. The van der Waals surface area contributed by atoms with Gasteiger partial charge in [0.25, 0.3) is 0 Å². The second kappa shape index (κ2) is 5.32. The molecule has 0 bridgehead atoms. The summed E-state index contributed by atoms with van der Waals surface area (Å²) < 4.78 is 0. The molecule has 20 heavy (non-hydrogen) atoms. The van der Waals surface area contributed by atoms with Crippen molar-refractivity contribution in [2.45, 2.75) is 40.0 Å². The predicted molar refractivity (Wildman–Crippen MR) is 86.7 cm³/mol. The molecule has 0 saturated heterocycles. The second-order valence-corrected chi connectivity index (χ2v) is 6.06. The highest BCUT2D eigenvalue weighted by Gasteiger charge is 2.10. The van der Waals surface area contributed by atoms with Crippen LogP contribution in [0.2, 0.25) is 0 Å². The maximum Gasteiger partial charge on any atom is 0.0372 e. The van der Waals surface area contributed by atoms with E-state index in [1.807, 2.05) is 0 Å². The number of nitrogens with one attached hydrogen (secondary N) is 1. The van der Waals surface area contributed by atoms with E-state index in [0.29, 0.717) is 0 Å². The molecule has 2 aromatic rings. The van der Waals surface area contributed by atoms with E-state index in [2.05, 4.69) is 56.4 Å². The van der Waals surface area contributed by atoms with Gasteiger partial charge in [0.1, 0.15) is 0 Å². The van der Waals surface area contributed by atoms with Crippen LogP contribution in [0.3, 0.4) is 0 Å². The minimum atomic E-state index is 1.04. The van der Waals surface area contributed by atoms with Gasteiger partial charge in [-0.2, -0.15) is 0 Å². The van der Waals surface area contributed by atoms with E-state index in [0.717, 1.165) is 13.0 Å². The van der Waals surface area contributed by atoms with Crippen LogP contribution in [0.4, 0.5) is 5.69 Å². The van der Waals surface area contributed by atoms with Crippen molar-refractivity contribution in [2.24, 2.45) is 0 Å². The molecule has 1 aliphatic heterocycles. The first-order chi connectivity index (χ1) is 9.63. The molecular formula is C19H23N. The molecule has 0 atom stereocenters. The third-order valence-electron chi connectivity index (χ3n) is 4.45. The highest BCUT2D eigenvalue weighted by Crippen LogP contribution is 2.25. The van der Waals surface area contributed by atoms with E-state index >= 15 is 0 Å². The summed E-state index contributed by atoms with van der Waals surface area (Å²) in [6.07, 6.45) is 3.50. The molecule has 1 aliphatic rings. The molecular weight excluding hydrogens is 242 g/mol. The monoisotopic (exact) mass is 265 g/mol. The maximum atomic E-state index is 3.48. The minimum Gasteiger partial charge on any atom is -0.385 e. The molecule has 1 nitrogen and oxygen atoms in total. The van der Waals surface area contributed by atoms with Gasteiger partial charge in [-0.25, -0.2) is 0 Å². The van der Waals surface area contributed by atoms with Crippen molar-refractivity contribution in [3.63, 3.8) is 0 Å². The molecule has 104 valence electrons. The molecule has 1 N–H and O–H groups in total. The Kier molecular flexibility index (Phi) is 3.52. The summed E-state index contributed by atoms with van der Waals surface area (Å²) in [5, 5.41) is 3.48. The molecule has 0 aromatic heterocycles. The lowest BCUT2D eigenvalue weighted by atomic mass is 9.93. The quantitative estimate of drug-likeness (QED) is 0.839. The van der Waals surface area contributed by atoms with Gasteiger partial charge in [0.2, 0.25) is 0 Å². The summed E-state index contributed by atoms with van der Waals surface area (Å²) in [4.78, 5) is 0. The summed E-state index contributed by atoms with van der Waals surface area (Å²) in [5.41, 5.74) is 9.89. The second-order valence-electron chi connectivity index (χ2n) is 6.06. The van der Waals surface area contributed by atoms with Gasteiger partial charge in [0, 0.05) is 12.2 Å². The Labute approximate surface area is 122 Å². The number of rotatable bonds is 2. The first kappa shape index (κ1) is 13.2. The fourth-order valence-corrected chi connectivity index (χ4v) is 3.07. The smallest absolute Gasteiger partial charge is 0.0372 e. The highest BCUT2D eigenvalue weighted by molar-refractivity contribution is 5.55. The lowest BCUT2D eigenvalue weighted by Crippen LogP contribution is -2.11. The van der Waals surface area contributed by atoms with Crippen molar-refractivity contribution in [1.82, 2.24) is 0 Å². The zero-order valence-corrected chi connectivity index (χ0v) is 12.7. The van der Waals surface area contributed by atoms with Crippen LogP contribution in [0.25, 0.3) is 0 Å². The number of anilines is 1. The first-order valence-electron chi connectivity index (χ1n) is 7.56. The van der Waals surface area contributed by atoms with Crippen LogP contribution in [-0.4, -0.2) is 6.54 Å². The summed E-state index contributed by atoms with van der Waals surface area (Å²) in [6, 6.07) is 11.6.